The number of aryl methyl sites for hydroxylation is 1. The van der Waals surface area contributed by atoms with Gasteiger partial charge in [0.2, 0.25) is 0 Å². The van der Waals surface area contributed by atoms with E-state index in [1.54, 1.807) is 6.33 Å². The predicted octanol–water partition coefficient (Wildman–Crippen LogP) is 1.88. The summed E-state index contributed by atoms with van der Waals surface area (Å²) in [6.45, 7) is 1.81. The Balaban J connectivity index is 2.17. The van der Waals surface area contributed by atoms with Crippen molar-refractivity contribution in [3.05, 3.63) is 30.1 Å². The van der Waals surface area contributed by atoms with E-state index in [0.717, 1.165) is 23.9 Å². The van der Waals surface area contributed by atoms with Gasteiger partial charge in [-0.3, -0.25) is 0 Å². The minimum absolute atomic E-state index is 0.229. The van der Waals surface area contributed by atoms with Crippen molar-refractivity contribution in [1.29, 1.82) is 0 Å². The molecule has 0 saturated carbocycles. The average molecular weight is 190 g/mol. The van der Waals surface area contributed by atoms with Gasteiger partial charge in [-0.1, -0.05) is 6.07 Å². The summed E-state index contributed by atoms with van der Waals surface area (Å²) in [4.78, 5) is 7.22. The highest BCUT2D eigenvalue weighted by Gasteiger charge is 2.00. The average Bonchev–Trinajstić information content (AvgIpc) is 2.61. The number of aliphatic hydroxyl groups excluding tert-OH is 1. The molecular weight excluding hydrogens is 176 g/mol. The minimum Gasteiger partial charge on any atom is -0.393 e. The van der Waals surface area contributed by atoms with E-state index < -0.39 is 0 Å². The standard InChI is InChI=1S/C11H14N2O/c1-8(14)2-3-9-4-5-10-11(6-9)13-7-12-10/h4-8,14H,2-3H2,1H3,(H,12,13). The highest BCUT2D eigenvalue weighted by molar-refractivity contribution is 5.74. The predicted molar refractivity (Wildman–Crippen MR) is 56.1 cm³/mol. The van der Waals surface area contributed by atoms with E-state index in [4.69, 9.17) is 5.11 Å². The van der Waals surface area contributed by atoms with Gasteiger partial charge in [0.15, 0.2) is 0 Å². The van der Waals surface area contributed by atoms with Gasteiger partial charge >= 0.3 is 0 Å². The van der Waals surface area contributed by atoms with Crippen molar-refractivity contribution in [2.24, 2.45) is 0 Å². The summed E-state index contributed by atoms with van der Waals surface area (Å²) in [6, 6.07) is 6.15. The van der Waals surface area contributed by atoms with Gasteiger partial charge in [0.05, 0.1) is 23.5 Å². The van der Waals surface area contributed by atoms with Gasteiger partial charge in [-0.25, -0.2) is 4.98 Å². The van der Waals surface area contributed by atoms with Gasteiger partial charge in [0.1, 0.15) is 0 Å². The lowest BCUT2D eigenvalue weighted by atomic mass is 10.1. The molecule has 1 atom stereocenters. The third-order valence-electron chi connectivity index (χ3n) is 2.34. The van der Waals surface area contributed by atoms with Crippen LogP contribution >= 0.6 is 0 Å². The summed E-state index contributed by atoms with van der Waals surface area (Å²) in [6.07, 6.45) is 3.18. The quantitative estimate of drug-likeness (QED) is 0.776. The van der Waals surface area contributed by atoms with Crippen LogP contribution in [0, 0.1) is 0 Å². The van der Waals surface area contributed by atoms with Crippen LogP contribution in [0.1, 0.15) is 18.9 Å². The van der Waals surface area contributed by atoms with E-state index in [1.807, 2.05) is 13.0 Å². The number of aromatic nitrogens is 2. The van der Waals surface area contributed by atoms with E-state index in [-0.39, 0.29) is 6.10 Å². The van der Waals surface area contributed by atoms with E-state index >= 15 is 0 Å². The van der Waals surface area contributed by atoms with Crippen LogP contribution in [0.5, 0.6) is 0 Å². The molecule has 0 aliphatic heterocycles. The fourth-order valence-corrected chi connectivity index (χ4v) is 1.51. The summed E-state index contributed by atoms with van der Waals surface area (Å²) >= 11 is 0. The topological polar surface area (TPSA) is 48.9 Å². The van der Waals surface area contributed by atoms with Crippen molar-refractivity contribution in [3.8, 4) is 0 Å². The Bertz CT molecular complexity index is 420. The smallest absolute Gasteiger partial charge is 0.0931 e. The molecular formula is C11H14N2O. The zero-order valence-corrected chi connectivity index (χ0v) is 8.20. The fourth-order valence-electron chi connectivity index (χ4n) is 1.51. The lowest BCUT2D eigenvalue weighted by Crippen LogP contribution is -2.01. The van der Waals surface area contributed by atoms with E-state index in [0.29, 0.717) is 0 Å². The van der Waals surface area contributed by atoms with Crippen LogP contribution < -0.4 is 0 Å². The zero-order chi connectivity index (χ0) is 9.97. The van der Waals surface area contributed by atoms with Crippen LogP contribution in [0.3, 0.4) is 0 Å². The Labute approximate surface area is 82.8 Å². The van der Waals surface area contributed by atoms with Gasteiger partial charge < -0.3 is 10.1 Å². The van der Waals surface area contributed by atoms with Crippen LogP contribution in [0.25, 0.3) is 11.0 Å². The Hall–Kier alpha value is -1.35. The number of hydrogen-bond donors (Lipinski definition) is 2. The second-order valence-corrected chi connectivity index (χ2v) is 3.64. The maximum atomic E-state index is 9.17. The Morgan fingerprint density at radius 3 is 3.14 bits per heavy atom. The highest BCUT2D eigenvalue weighted by atomic mass is 16.3. The monoisotopic (exact) mass is 190 g/mol. The van der Waals surface area contributed by atoms with Gasteiger partial charge in [-0.15, -0.1) is 0 Å². The normalized spacial score (nSPS) is 13.3. The summed E-state index contributed by atoms with van der Waals surface area (Å²) in [5.74, 6) is 0. The summed E-state index contributed by atoms with van der Waals surface area (Å²) in [5.41, 5.74) is 3.29. The van der Waals surface area contributed by atoms with E-state index in [9.17, 15) is 0 Å². The number of nitrogens with zero attached hydrogens (tertiary/aromatic N) is 1. The van der Waals surface area contributed by atoms with Crippen LogP contribution in [0.15, 0.2) is 24.5 Å². The molecule has 1 heterocycles. The molecule has 0 amide bonds. The second kappa shape index (κ2) is 3.80. The van der Waals surface area contributed by atoms with Crippen LogP contribution in [0.4, 0.5) is 0 Å². The molecule has 0 bridgehead atoms. The number of H-pyrrole nitrogens is 1. The molecule has 74 valence electrons. The molecule has 1 aromatic carbocycles. The fraction of sp³-hybridized carbons (Fsp3) is 0.364. The summed E-state index contributed by atoms with van der Waals surface area (Å²) in [7, 11) is 0. The van der Waals surface area contributed by atoms with Gasteiger partial charge in [-0.05, 0) is 37.5 Å². The number of aromatic amines is 1. The first kappa shape index (κ1) is 9.21. The lowest BCUT2D eigenvalue weighted by Gasteiger charge is -2.03. The molecule has 14 heavy (non-hydrogen) atoms. The molecule has 3 nitrogen and oxygen atoms in total. The molecule has 0 radical (unpaired) electrons. The van der Waals surface area contributed by atoms with Crippen LogP contribution in [-0.4, -0.2) is 21.2 Å². The molecule has 0 spiro atoms. The molecule has 2 N–H and O–H groups in total. The number of fused-ring (bicyclic) bond motifs is 1. The van der Waals surface area contributed by atoms with Crippen molar-refractivity contribution >= 4 is 11.0 Å². The Morgan fingerprint density at radius 1 is 1.50 bits per heavy atom. The third kappa shape index (κ3) is 1.93. The molecule has 0 aliphatic rings. The SMILES string of the molecule is CC(O)CCc1ccc2nc[nH]c2c1. The van der Waals surface area contributed by atoms with Gasteiger partial charge in [-0.2, -0.15) is 0 Å². The first-order valence-corrected chi connectivity index (χ1v) is 4.86. The molecule has 0 fully saturated rings. The van der Waals surface area contributed by atoms with E-state index in [2.05, 4.69) is 22.1 Å². The molecule has 2 aromatic rings. The number of hydrogen-bond acceptors (Lipinski definition) is 2. The highest BCUT2D eigenvalue weighted by Crippen LogP contribution is 2.13. The van der Waals surface area contributed by atoms with Crippen LogP contribution in [-0.2, 0) is 6.42 Å². The summed E-state index contributed by atoms with van der Waals surface area (Å²) < 4.78 is 0. The molecule has 1 unspecified atom stereocenters. The molecule has 3 heteroatoms. The maximum Gasteiger partial charge on any atom is 0.0931 e. The summed E-state index contributed by atoms with van der Waals surface area (Å²) in [5, 5.41) is 9.17. The molecule has 2 rings (SSSR count). The number of imidazole rings is 1. The molecule has 0 aliphatic carbocycles. The first-order chi connectivity index (χ1) is 6.75. The zero-order valence-electron chi connectivity index (χ0n) is 8.20. The number of rotatable bonds is 3. The third-order valence-corrected chi connectivity index (χ3v) is 2.34. The largest absolute Gasteiger partial charge is 0.393 e. The van der Waals surface area contributed by atoms with Gasteiger partial charge in [0.25, 0.3) is 0 Å². The van der Waals surface area contributed by atoms with Crippen LogP contribution in [0.2, 0.25) is 0 Å². The minimum atomic E-state index is -0.229. The van der Waals surface area contributed by atoms with Gasteiger partial charge in [0, 0.05) is 0 Å². The Morgan fingerprint density at radius 2 is 2.36 bits per heavy atom. The Kier molecular flexibility index (Phi) is 2.50. The lowest BCUT2D eigenvalue weighted by molar-refractivity contribution is 0.185. The van der Waals surface area contributed by atoms with Crippen molar-refractivity contribution in [1.82, 2.24) is 9.97 Å². The number of nitrogens with one attached hydrogen (secondary N) is 1. The number of aliphatic hydroxyl groups is 1. The van der Waals surface area contributed by atoms with Crippen molar-refractivity contribution in [2.45, 2.75) is 25.9 Å². The second-order valence-electron chi connectivity index (χ2n) is 3.64. The molecule has 0 saturated heterocycles. The van der Waals surface area contributed by atoms with Crippen molar-refractivity contribution in [2.75, 3.05) is 0 Å². The number of benzene rings is 1. The van der Waals surface area contributed by atoms with Crippen molar-refractivity contribution in [3.63, 3.8) is 0 Å². The van der Waals surface area contributed by atoms with Crippen molar-refractivity contribution < 1.29 is 5.11 Å². The molecule has 1 aromatic heterocycles. The first-order valence-electron chi connectivity index (χ1n) is 4.86. The maximum absolute atomic E-state index is 9.17. The van der Waals surface area contributed by atoms with E-state index in [1.165, 1.54) is 5.56 Å².